The standard InChI is InChI=1S/C24H25N/c1-17(2)22-15-20-6-3-4-9-23(20)24(16-22)21-8-5-7-19(14-21)18-10-12-25-13-11-18/h3-14,17,22,24H,15-16H2,1-2H3/t22-,24+/m0/s1. The van der Waals surface area contributed by atoms with Gasteiger partial charge >= 0.3 is 0 Å². The van der Waals surface area contributed by atoms with Gasteiger partial charge in [-0.3, -0.25) is 4.98 Å². The molecule has 0 spiro atoms. The molecule has 0 aliphatic heterocycles. The maximum Gasteiger partial charge on any atom is 0.0273 e. The molecule has 2 atom stereocenters. The first-order valence-corrected chi connectivity index (χ1v) is 9.30. The average Bonchev–Trinajstić information content (AvgIpc) is 2.68. The Balaban J connectivity index is 1.76. The molecular weight excluding hydrogens is 302 g/mol. The lowest BCUT2D eigenvalue weighted by Gasteiger charge is -2.34. The molecule has 0 radical (unpaired) electrons. The van der Waals surface area contributed by atoms with Gasteiger partial charge in [0.1, 0.15) is 0 Å². The number of hydrogen-bond donors (Lipinski definition) is 0. The molecule has 3 aromatic rings. The zero-order chi connectivity index (χ0) is 17.2. The molecule has 0 saturated heterocycles. The van der Waals surface area contributed by atoms with Crippen molar-refractivity contribution >= 4 is 0 Å². The normalized spacial score (nSPS) is 19.6. The first-order valence-electron chi connectivity index (χ1n) is 9.30. The number of pyridine rings is 1. The highest BCUT2D eigenvalue weighted by atomic mass is 14.6. The van der Waals surface area contributed by atoms with E-state index in [1.807, 2.05) is 12.4 Å². The fraction of sp³-hybridized carbons (Fsp3) is 0.292. The van der Waals surface area contributed by atoms with Gasteiger partial charge in [0.2, 0.25) is 0 Å². The van der Waals surface area contributed by atoms with Gasteiger partial charge in [-0.1, -0.05) is 62.4 Å². The summed E-state index contributed by atoms with van der Waals surface area (Å²) in [4.78, 5) is 4.14. The number of rotatable bonds is 3. The number of aromatic nitrogens is 1. The van der Waals surface area contributed by atoms with E-state index in [4.69, 9.17) is 0 Å². The second-order valence-electron chi connectivity index (χ2n) is 7.56. The molecule has 1 heteroatoms. The second kappa shape index (κ2) is 6.84. The van der Waals surface area contributed by atoms with Crippen molar-refractivity contribution in [1.29, 1.82) is 0 Å². The van der Waals surface area contributed by atoms with E-state index in [1.54, 1.807) is 0 Å². The van der Waals surface area contributed by atoms with Crippen molar-refractivity contribution in [1.82, 2.24) is 4.98 Å². The molecule has 1 aliphatic carbocycles. The highest BCUT2D eigenvalue weighted by molar-refractivity contribution is 5.64. The lowest BCUT2D eigenvalue weighted by Crippen LogP contribution is -2.23. The van der Waals surface area contributed by atoms with E-state index in [1.165, 1.54) is 40.7 Å². The predicted octanol–water partition coefficient (Wildman–Crippen LogP) is 6.10. The Morgan fingerprint density at radius 1 is 0.880 bits per heavy atom. The Morgan fingerprint density at radius 3 is 2.48 bits per heavy atom. The van der Waals surface area contributed by atoms with Gasteiger partial charge in [-0.25, -0.2) is 0 Å². The largest absolute Gasteiger partial charge is 0.265 e. The zero-order valence-corrected chi connectivity index (χ0v) is 15.0. The summed E-state index contributed by atoms with van der Waals surface area (Å²) in [6, 6.07) is 22.3. The summed E-state index contributed by atoms with van der Waals surface area (Å²) in [5, 5.41) is 0. The van der Waals surface area contributed by atoms with Gasteiger partial charge in [-0.05, 0) is 64.6 Å². The maximum absolute atomic E-state index is 4.14. The quantitative estimate of drug-likeness (QED) is 0.566. The van der Waals surface area contributed by atoms with Crippen LogP contribution in [-0.2, 0) is 6.42 Å². The molecule has 0 saturated carbocycles. The van der Waals surface area contributed by atoms with Crippen LogP contribution in [0.25, 0.3) is 11.1 Å². The minimum Gasteiger partial charge on any atom is -0.265 e. The first kappa shape index (κ1) is 16.1. The Bertz CT molecular complexity index is 851. The fourth-order valence-electron chi connectivity index (χ4n) is 4.16. The van der Waals surface area contributed by atoms with Crippen LogP contribution in [0.3, 0.4) is 0 Å². The van der Waals surface area contributed by atoms with Crippen LogP contribution in [0.5, 0.6) is 0 Å². The Morgan fingerprint density at radius 2 is 1.68 bits per heavy atom. The van der Waals surface area contributed by atoms with Gasteiger partial charge in [0.05, 0.1) is 0 Å². The molecule has 0 amide bonds. The molecular formula is C24H25N. The third-order valence-corrected chi connectivity index (χ3v) is 5.70. The van der Waals surface area contributed by atoms with Crippen LogP contribution in [0.15, 0.2) is 73.1 Å². The molecule has 25 heavy (non-hydrogen) atoms. The highest BCUT2D eigenvalue weighted by Gasteiger charge is 2.29. The second-order valence-corrected chi connectivity index (χ2v) is 7.56. The molecule has 0 unspecified atom stereocenters. The van der Waals surface area contributed by atoms with Gasteiger partial charge in [0, 0.05) is 18.3 Å². The SMILES string of the molecule is CC(C)[C@H]1Cc2ccccc2[C@@H](c2cccc(-c3ccncc3)c2)C1. The van der Waals surface area contributed by atoms with Crippen molar-refractivity contribution in [3.05, 3.63) is 89.7 Å². The van der Waals surface area contributed by atoms with Crippen LogP contribution in [0, 0.1) is 11.8 Å². The van der Waals surface area contributed by atoms with Crippen LogP contribution < -0.4 is 0 Å². The summed E-state index contributed by atoms with van der Waals surface area (Å²) in [5.74, 6) is 1.97. The topological polar surface area (TPSA) is 12.9 Å². The van der Waals surface area contributed by atoms with Gasteiger partial charge in [0.15, 0.2) is 0 Å². The summed E-state index contributed by atoms with van der Waals surface area (Å²) in [6.45, 7) is 4.73. The van der Waals surface area contributed by atoms with Crippen LogP contribution in [0.2, 0.25) is 0 Å². The van der Waals surface area contributed by atoms with E-state index in [0.717, 1.165) is 11.8 Å². The third-order valence-electron chi connectivity index (χ3n) is 5.70. The van der Waals surface area contributed by atoms with Crippen LogP contribution in [0.1, 0.15) is 42.9 Å². The predicted molar refractivity (Wildman–Crippen MR) is 105 cm³/mol. The Hall–Kier alpha value is -2.41. The Kier molecular flexibility index (Phi) is 4.40. The molecule has 2 aromatic carbocycles. The third kappa shape index (κ3) is 3.24. The molecule has 4 rings (SSSR count). The van der Waals surface area contributed by atoms with E-state index >= 15 is 0 Å². The first-order chi connectivity index (χ1) is 12.2. The van der Waals surface area contributed by atoms with Crippen LogP contribution in [-0.4, -0.2) is 4.98 Å². The van der Waals surface area contributed by atoms with Crippen LogP contribution in [0.4, 0.5) is 0 Å². The number of fused-ring (bicyclic) bond motifs is 1. The van der Waals surface area contributed by atoms with Crippen molar-refractivity contribution in [2.75, 3.05) is 0 Å². The van der Waals surface area contributed by atoms with E-state index in [-0.39, 0.29) is 0 Å². The molecule has 126 valence electrons. The number of benzene rings is 2. The summed E-state index contributed by atoms with van der Waals surface area (Å²) >= 11 is 0. The van der Waals surface area contributed by atoms with Crippen molar-refractivity contribution < 1.29 is 0 Å². The fourth-order valence-corrected chi connectivity index (χ4v) is 4.16. The van der Waals surface area contributed by atoms with E-state index in [9.17, 15) is 0 Å². The van der Waals surface area contributed by atoms with Gasteiger partial charge < -0.3 is 0 Å². The van der Waals surface area contributed by atoms with E-state index in [0.29, 0.717) is 5.92 Å². The molecule has 0 N–H and O–H groups in total. The molecule has 0 fully saturated rings. The van der Waals surface area contributed by atoms with E-state index < -0.39 is 0 Å². The summed E-state index contributed by atoms with van der Waals surface area (Å²) in [5.41, 5.74) is 7.01. The van der Waals surface area contributed by atoms with Crippen molar-refractivity contribution in [3.63, 3.8) is 0 Å². The molecule has 1 aliphatic rings. The van der Waals surface area contributed by atoms with Crippen molar-refractivity contribution in [2.45, 2.75) is 32.6 Å². The smallest absolute Gasteiger partial charge is 0.0273 e. The number of nitrogens with zero attached hydrogens (tertiary/aromatic N) is 1. The molecule has 1 aromatic heterocycles. The monoisotopic (exact) mass is 327 g/mol. The number of hydrogen-bond acceptors (Lipinski definition) is 1. The lowest BCUT2D eigenvalue weighted by molar-refractivity contribution is 0.326. The average molecular weight is 327 g/mol. The van der Waals surface area contributed by atoms with Gasteiger partial charge in [0.25, 0.3) is 0 Å². The van der Waals surface area contributed by atoms with Crippen LogP contribution >= 0.6 is 0 Å². The van der Waals surface area contributed by atoms with Gasteiger partial charge in [-0.15, -0.1) is 0 Å². The molecule has 1 heterocycles. The van der Waals surface area contributed by atoms with E-state index in [2.05, 4.69) is 79.5 Å². The lowest BCUT2D eigenvalue weighted by atomic mass is 9.70. The zero-order valence-electron chi connectivity index (χ0n) is 15.0. The molecule has 1 nitrogen and oxygen atoms in total. The minimum absolute atomic E-state index is 0.499. The van der Waals surface area contributed by atoms with Gasteiger partial charge in [-0.2, -0.15) is 0 Å². The Labute approximate surface area is 150 Å². The summed E-state index contributed by atoms with van der Waals surface area (Å²) in [6.07, 6.45) is 6.20. The highest BCUT2D eigenvalue weighted by Crippen LogP contribution is 2.42. The van der Waals surface area contributed by atoms with Crippen molar-refractivity contribution in [2.24, 2.45) is 11.8 Å². The maximum atomic E-state index is 4.14. The summed E-state index contributed by atoms with van der Waals surface area (Å²) in [7, 11) is 0. The molecule has 0 bridgehead atoms. The summed E-state index contributed by atoms with van der Waals surface area (Å²) < 4.78 is 0. The minimum atomic E-state index is 0.499. The van der Waals surface area contributed by atoms with Crippen molar-refractivity contribution in [3.8, 4) is 11.1 Å².